The van der Waals surface area contributed by atoms with Crippen molar-refractivity contribution in [1.82, 2.24) is 5.16 Å². The number of aromatic nitrogens is 1. The summed E-state index contributed by atoms with van der Waals surface area (Å²) in [7, 11) is 1.60. The molecule has 2 N–H and O–H groups in total. The number of nitrogens with zero attached hydrogens (tertiary/aromatic N) is 1. The van der Waals surface area contributed by atoms with Gasteiger partial charge in [-0.05, 0) is 24.1 Å². The van der Waals surface area contributed by atoms with Gasteiger partial charge in [-0.2, -0.15) is 0 Å². The van der Waals surface area contributed by atoms with Crippen LogP contribution < -0.4 is 10.5 Å². The molecule has 1 aromatic carbocycles. The molecule has 17 heavy (non-hydrogen) atoms. The smallest absolute Gasteiger partial charge is 0.169 e. The van der Waals surface area contributed by atoms with E-state index in [0.717, 1.165) is 17.5 Å². The highest BCUT2D eigenvalue weighted by molar-refractivity contribution is 6.32. The van der Waals surface area contributed by atoms with Gasteiger partial charge in [0.25, 0.3) is 0 Å². The molecule has 0 atom stereocenters. The molecular weight excluding hydrogens is 240 g/mol. The average molecular weight is 253 g/mol. The molecule has 90 valence electrons. The summed E-state index contributed by atoms with van der Waals surface area (Å²) in [6.07, 6.45) is 0.820. The minimum atomic E-state index is 0.352. The Hall–Kier alpha value is -1.68. The van der Waals surface area contributed by atoms with Gasteiger partial charge < -0.3 is 15.0 Å². The minimum Gasteiger partial charge on any atom is -0.495 e. The second-order valence-electron chi connectivity index (χ2n) is 3.62. The SMILES string of the molecule is CCc1cc(-c2cc(N)no2)cc(Cl)c1OC. The van der Waals surface area contributed by atoms with Gasteiger partial charge in [-0.1, -0.05) is 23.7 Å². The maximum atomic E-state index is 6.15. The van der Waals surface area contributed by atoms with Gasteiger partial charge in [0.1, 0.15) is 5.75 Å². The highest BCUT2D eigenvalue weighted by atomic mass is 35.5. The van der Waals surface area contributed by atoms with Crippen LogP contribution in [0.4, 0.5) is 5.82 Å². The van der Waals surface area contributed by atoms with Crippen molar-refractivity contribution in [1.29, 1.82) is 0 Å². The molecule has 1 aromatic heterocycles. The Kier molecular flexibility index (Phi) is 3.24. The van der Waals surface area contributed by atoms with Gasteiger partial charge in [-0.15, -0.1) is 0 Å². The molecule has 0 radical (unpaired) electrons. The summed E-state index contributed by atoms with van der Waals surface area (Å²) in [5.74, 6) is 1.65. The van der Waals surface area contributed by atoms with Crippen molar-refractivity contribution in [2.45, 2.75) is 13.3 Å². The lowest BCUT2D eigenvalue weighted by Crippen LogP contribution is -1.92. The van der Waals surface area contributed by atoms with E-state index in [1.165, 1.54) is 0 Å². The third-order valence-electron chi connectivity index (χ3n) is 2.52. The molecular formula is C12H13ClN2O2. The van der Waals surface area contributed by atoms with E-state index in [-0.39, 0.29) is 0 Å². The zero-order valence-corrected chi connectivity index (χ0v) is 10.4. The molecule has 5 heteroatoms. The first kappa shape index (κ1) is 11.8. The molecule has 0 saturated heterocycles. The Morgan fingerprint density at radius 2 is 2.18 bits per heavy atom. The van der Waals surface area contributed by atoms with Crippen LogP contribution in [-0.2, 0) is 6.42 Å². The fourth-order valence-corrected chi connectivity index (χ4v) is 2.02. The van der Waals surface area contributed by atoms with E-state index >= 15 is 0 Å². The molecule has 4 nitrogen and oxygen atoms in total. The van der Waals surface area contributed by atoms with E-state index in [2.05, 4.69) is 5.16 Å². The lowest BCUT2D eigenvalue weighted by atomic mass is 10.1. The first-order chi connectivity index (χ1) is 8.15. The van der Waals surface area contributed by atoms with Crippen LogP contribution >= 0.6 is 11.6 Å². The number of hydrogen-bond donors (Lipinski definition) is 1. The number of hydrogen-bond acceptors (Lipinski definition) is 4. The molecule has 2 aromatic rings. The molecule has 0 aliphatic heterocycles. The molecule has 2 rings (SSSR count). The van der Waals surface area contributed by atoms with Crippen LogP contribution in [0.25, 0.3) is 11.3 Å². The summed E-state index contributed by atoms with van der Waals surface area (Å²) in [6, 6.07) is 5.40. The Bertz CT molecular complexity index is 537. The molecule has 0 aliphatic rings. The Morgan fingerprint density at radius 3 is 2.71 bits per heavy atom. The van der Waals surface area contributed by atoms with Crippen molar-refractivity contribution >= 4 is 17.4 Å². The van der Waals surface area contributed by atoms with Crippen LogP contribution in [0.3, 0.4) is 0 Å². The van der Waals surface area contributed by atoms with Crippen molar-refractivity contribution in [2.75, 3.05) is 12.8 Å². The fraction of sp³-hybridized carbons (Fsp3) is 0.250. The van der Waals surface area contributed by atoms with Gasteiger partial charge in [-0.3, -0.25) is 0 Å². The average Bonchev–Trinajstić information content (AvgIpc) is 2.74. The van der Waals surface area contributed by atoms with E-state index in [1.54, 1.807) is 19.2 Å². The van der Waals surface area contributed by atoms with E-state index in [9.17, 15) is 0 Å². The number of benzene rings is 1. The standard InChI is InChI=1S/C12H13ClN2O2/c1-3-7-4-8(5-9(13)12(7)16-2)10-6-11(14)15-17-10/h4-6H,3H2,1-2H3,(H2,14,15). The predicted molar refractivity (Wildman–Crippen MR) is 67.3 cm³/mol. The number of nitrogen functional groups attached to an aromatic ring is 1. The van der Waals surface area contributed by atoms with Crippen molar-refractivity contribution in [3.05, 3.63) is 28.8 Å². The lowest BCUT2D eigenvalue weighted by molar-refractivity contribution is 0.410. The zero-order valence-electron chi connectivity index (χ0n) is 9.66. The molecule has 0 spiro atoms. The van der Waals surface area contributed by atoms with Crippen molar-refractivity contribution in [3.8, 4) is 17.1 Å². The largest absolute Gasteiger partial charge is 0.495 e. The van der Waals surface area contributed by atoms with Crippen LogP contribution in [0.15, 0.2) is 22.7 Å². The second-order valence-corrected chi connectivity index (χ2v) is 4.03. The number of nitrogens with two attached hydrogens (primary N) is 1. The predicted octanol–water partition coefficient (Wildman–Crippen LogP) is 3.15. The zero-order chi connectivity index (χ0) is 12.4. The van der Waals surface area contributed by atoms with Gasteiger partial charge >= 0.3 is 0 Å². The van der Waals surface area contributed by atoms with Crippen LogP contribution in [0.5, 0.6) is 5.75 Å². The summed E-state index contributed by atoms with van der Waals surface area (Å²) < 4.78 is 10.4. The summed E-state index contributed by atoms with van der Waals surface area (Å²) in [5, 5.41) is 4.20. The molecule has 0 fully saturated rings. The highest BCUT2D eigenvalue weighted by Crippen LogP contribution is 2.34. The van der Waals surface area contributed by atoms with Gasteiger partial charge in [0, 0.05) is 11.6 Å². The fourth-order valence-electron chi connectivity index (χ4n) is 1.71. The van der Waals surface area contributed by atoms with Gasteiger partial charge in [0.2, 0.25) is 0 Å². The Morgan fingerprint density at radius 1 is 1.41 bits per heavy atom. The molecule has 0 aliphatic carbocycles. The van der Waals surface area contributed by atoms with E-state index < -0.39 is 0 Å². The molecule has 0 saturated carbocycles. The third kappa shape index (κ3) is 2.22. The van der Waals surface area contributed by atoms with Crippen LogP contribution in [-0.4, -0.2) is 12.3 Å². The maximum Gasteiger partial charge on any atom is 0.169 e. The third-order valence-corrected chi connectivity index (χ3v) is 2.80. The number of ether oxygens (including phenoxy) is 1. The topological polar surface area (TPSA) is 61.3 Å². The van der Waals surface area contributed by atoms with Gasteiger partial charge in [0.15, 0.2) is 11.6 Å². The highest BCUT2D eigenvalue weighted by Gasteiger charge is 2.12. The number of anilines is 1. The number of methoxy groups -OCH3 is 1. The Labute approximate surface area is 104 Å². The van der Waals surface area contributed by atoms with E-state index in [0.29, 0.717) is 22.4 Å². The van der Waals surface area contributed by atoms with Gasteiger partial charge in [-0.25, -0.2) is 0 Å². The number of aryl methyl sites for hydroxylation is 1. The first-order valence-electron chi connectivity index (χ1n) is 5.24. The van der Waals surface area contributed by atoms with E-state index in [4.69, 9.17) is 26.6 Å². The number of rotatable bonds is 3. The monoisotopic (exact) mass is 252 g/mol. The lowest BCUT2D eigenvalue weighted by Gasteiger charge is -2.10. The number of halogens is 1. The minimum absolute atomic E-state index is 0.352. The summed E-state index contributed by atoms with van der Waals surface area (Å²) in [5.41, 5.74) is 7.38. The molecule has 0 amide bonds. The Balaban J connectivity index is 2.53. The summed E-state index contributed by atoms with van der Waals surface area (Å²) in [6.45, 7) is 2.03. The van der Waals surface area contributed by atoms with Crippen LogP contribution in [0.2, 0.25) is 5.02 Å². The quantitative estimate of drug-likeness (QED) is 0.912. The van der Waals surface area contributed by atoms with Crippen LogP contribution in [0, 0.1) is 0 Å². The van der Waals surface area contributed by atoms with Gasteiger partial charge in [0.05, 0.1) is 12.1 Å². The summed E-state index contributed by atoms with van der Waals surface area (Å²) >= 11 is 6.15. The first-order valence-corrected chi connectivity index (χ1v) is 5.62. The van der Waals surface area contributed by atoms with E-state index in [1.807, 2.05) is 13.0 Å². The second kappa shape index (κ2) is 4.67. The molecule has 0 bridgehead atoms. The summed E-state index contributed by atoms with van der Waals surface area (Å²) in [4.78, 5) is 0. The normalized spacial score (nSPS) is 10.5. The molecule has 0 unspecified atom stereocenters. The van der Waals surface area contributed by atoms with Crippen molar-refractivity contribution in [3.63, 3.8) is 0 Å². The van der Waals surface area contributed by atoms with Crippen molar-refractivity contribution in [2.24, 2.45) is 0 Å². The maximum absolute atomic E-state index is 6.15. The molecule has 1 heterocycles. The van der Waals surface area contributed by atoms with Crippen LogP contribution in [0.1, 0.15) is 12.5 Å². The van der Waals surface area contributed by atoms with Crippen molar-refractivity contribution < 1.29 is 9.26 Å².